The second kappa shape index (κ2) is 6.43. The van der Waals surface area contributed by atoms with Crippen LogP contribution in [-0.2, 0) is 11.3 Å². The zero-order valence-electron chi connectivity index (χ0n) is 9.40. The van der Waals surface area contributed by atoms with E-state index in [0.717, 1.165) is 24.3 Å². The molecule has 0 aliphatic carbocycles. The molecule has 1 rings (SSSR count). The minimum Gasteiger partial charge on any atom is -0.491 e. The molecule has 0 radical (unpaired) electrons. The van der Waals surface area contributed by atoms with Gasteiger partial charge >= 0.3 is 0 Å². The van der Waals surface area contributed by atoms with E-state index in [1.807, 2.05) is 31.2 Å². The lowest BCUT2D eigenvalue weighted by Gasteiger charge is -2.14. The molecule has 0 bridgehead atoms. The van der Waals surface area contributed by atoms with Crippen molar-refractivity contribution in [1.29, 1.82) is 0 Å². The van der Waals surface area contributed by atoms with Gasteiger partial charge in [0.1, 0.15) is 5.75 Å². The molecule has 3 heteroatoms. The first-order chi connectivity index (χ1) is 7.26. The zero-order valence-corrected chi connectivity index (χ0v) is 9.40. The quantitative estimate of drug-likeness (QED) is 0.778. The highest BCUT2D eigenvalue weighted by atomic mass is 16.5. The lowest BCUT2D eigenvalue weighted by atomic mass is 10.2. The second-order valence-electron chi connectivity index (χ2n) is 3.56. The standard InChI is InChI=1S/C12H19NO2/c1-10(7-8-14-2)15-12-5-3-11(9-13)4-6-12/h3-6,10H,7-9,13H2,1-2H3. The van der Waals surface area contributed by atoms with E-state index in [4.69, 9.17) is 15.2 Å². The number of hydrogen-bond acceptors (Lipinski definition) is 3. The van der Waals surface area contributed by atoms with Gasteiger partial charge in [0.05, 0.1) is 6.10 Å². The molecule has 0 amide bonds. The SMILES string of the molecule is COCCC(C)Oc1ccc(CN)cc1. The van der Waals surface area contributed by atoms with Gasteiger partial charge in [-0.15, -0.1) is 0 Å². The Morgan fingerprint density at radius 1 is 1.27 bits per heavy atom. The Bertz CT molecular complexity index is 271. The molecule has 1 aromatic carbocycles. The van der Waals surface area contributed by atoms with E-state index >= 15 is 0 Å². The summed E-state index contributed by atoms with van der Waals surface area (Å²) in [5.41, 5.74) is 6.63. The molecule has 15 heavy (non-hydrogen) atoms. The van der Waals surface area contributed by atoms with Crippen LogP contribution in [0, 0.1) is 0 Å². The Morgan fingerprint density at radius 2 is 1.93 bits per heavy atom. The smallest absolute Gasteiger partial charge is 0.119 e. The van der Waals surface area contributed by atoms with Gasteiger partial charge < -0.3 is 15.2 Å². The van der Waals surface area contributed by atoms with Gasteiger partial charge in [-0.05, 0) is 24.6 Å². The number of methoxy groups -OCH3 is 1. The molecule has 0 saturated carbocycles. The Kier molecular flexibility index (Phi) is 5.15. The van der Waals surface area contributed by atoms with Gasteiger partial charge in [-0.1, -0.05) is 12.1 Å². The van der Waals surface area contributed by atoms with Gasteiger partial charge in [-0.25, -0.2) is 0 Å². The number of nitrogens with two attached hydrogens (primary N) is 1. The Morgan fingerprint density at radius 3 is 2.47 bits per heavy atom. The maximum atomic E-state index is 5.70. The normalized spacial score (nSPS) is 12.5. The Balaban J connectivity index is 2.42. The van der Waals surface area contributed by atoms with Gasteiger partial charge in [0.25, 0.3) is 0 Å². The van der Waals surface area contributed by atoms with Gasteiger partial charge in [0.2, 0.25) is 0 Å². The van der Waals surface area contributed by atoms with Crippen molar-refractivity contribution in [3.05, 3.63) is 29.8 Å². The predicted molar refractivity (Wildman–Crippen MR) is 60.9 cm³/mol. The van der Waals surface area contributed by atoms with Crippen molar-refractivity contribution in [2.24, 2.45) is 5.73 Å². The third-order valence-electron chi connectivity index (χ3n) is 2.22. The molecule has 0 spiro atoms. The molecular weight excluding hydrogens is 190 g/mol. The number of ether oxygens (including phenoxy) is 2. The average Bonchev–Trinajstić information content (AvgIpc) is 2.27. The fourth-order valence-electron chi connectivity index (χ4n) is 1.28. The van der Waals surface area contributed by atoms with Crippen LogP contribution in [0.25, 0.3) is 0 Å². The van der Waals surface area contributed by atoms with Crippen LogP contribution in [0.5, 0.6) is 5.75 Å². The fraction of sp³-hybridized carbons (Fsp3) is 0.500. The van der Waals surface area contributed by atoms with Crippen molar-refractivity contribution in [2.75, 3.05) is 13.7 Å². The van der Waals surface area contributed by atoms with Crippen LogP contribution in [-0.4, -0.2) is 19.8 Å². The number of hydrogen-bond donors (Lipinski definition) is 1. The molecule has 2 N–H and O–H groups in total. The minimum absolute atomic E-state index is 0.175. The molecule has 1 aromatic rings. The van der Waals surface area contributed by atoms with Gasteiger partial charge in [-0.3, -0.25) is 0 Å². The van der Waals surface area contributed by atoms with Gasteiger partial charge in [0, 0.05) is 26.7 Å². The first-order valence-corrected chi connectivity index (χ1v) is 5.21. The summed E-state index contributed by atoms with van der Waals surface area (Å²) in [7, 11) is 1.70. The van der Waals surface area contributed by atoms with Crippen LogP contribution in [0.2, 0.25) is 0 Å². The van der Waals surface area contributed by atoms with Crippen LogP contribution in [0.4, 0.5) is 0 Å². The lowest BCUT2D eigenvalue weighted by Crippen LogP contribution is -2.14. The maximum Gasteiger partial charge on any atom is 0.119 e. The van der Waals surface area contributed by atoms with Gasteiger partial charge in [-0.2, -0.15) is 0 Å². The van der Waals surface area contributed by atoms with E-state index in [1.54, 1.807) is 7.11 Å². The molecule has 0 aliphatic heterocycles. The van der Waals surface area contributed by atoms with Crippen molar-refractivity contribution >= 4 is 0 Å². The van der Waals surface area contributed by atoms with E-state index in [-0.39, 0.29) is 6.10 Å². The van der Waals surface area contributed by atoms with Crippen molar-refractivity contribution in [1.82, 2.24) is 0 Å². The molecule has 0 fully saturated rings. The predicted octanol–water partition coefficient (Wildman–Crippen LogP) is 1.95. The van der Waals surface area contributed by atoms with Crippen molar-refractivity contribution in [3.8, 4) is 5.75 Å². The summed E-state index contributed by atoms with van der Waals surface area (Å²) in [4.78, 5) is 0. The third kappa shape index (κ3) is 4.32. The van der Waals surface area contributed by atoms with Crippen LogP contribution in [0.1, 0.15) is 18.9 Å². The number of rotatable bonds is 6. The van der Waals surface area contributed by atoms with E-state index in [1.165, 1.54) is 0 Å². The summed E-state index contributed by atoms with van der Waals surface area (Å²) in [5, 5.41) is 0. The molecule has 0 aliphatic rings. The molecule has 1 atom stereocenters. The maximum absolute atomic E-state index is 5.70. The molecule has 0 heterocycles. The van der Waals surface area contributed by atoms with Crippen molar-refractivity contribution < 1.29 is 9.47 Å². The van der Waals surface area contributed by atoms with E-state index in [2.05, 4.69) is 0 Å². The summed E-state index contributed by atoms with van der Waals surface area (Å²) in [6.07, 6.45) is 1.07. The molecule has 0 saturated heterocycles. The molecule has 1 unspecified atom stereocenters. The highest BCUT2D eigenvalue weighted by Crippen LogP contribution is 2.14. The fourth-order valence-corrected chi connectivity index (χ4v) is 1.28. The third-order valence-corrected chi connectivity index (χ3v) is 2.22. The van der Waals surface area contributed by atoms with E-state index in [9.17, 15) is 0 Å². The molecule has 3 nitrogen and oxygen atoms in total. The van der Waals surface area contributed by atoms with Crippen molar-refractivity contribution in [3.63, 3.8) is 0 Å². The largest absolute Gasteiger partial charge is 0.491 e. The summed E-state index contributed by atoms with van der Waals surface area (Å²) in [6, 6.07) is 7.87. The minimum atomic E-state index is 0.175. The highest BCUT2D eigenvalue weighted by Gasteiger charge is 2.03. The zero-order chi connectivity index (χ0) is 11.1. The second-order valence-corrected chi connectivity index (χ2v) is 3.56. The number of benzene rings is 1. The summed E-state index contributed by atoms with van der Waals surface area (Å²) < 4.78 is 10.7. The average molecular weight is 209 g/mol. The Hall–Kier alpha value is -1.06. The first kappa shape index (κ1) is 12.0. The van der Waals surface area contributed by atoms with Crippen LogP contribution in [0.15, 0.2) is 24.3 Å². The summed E-state index contributed by atoms with van der Waals surface area (Å²) in [6.45, 7) is 3.33. The van der Waals surface area contributed by atoms with Crippen LogP contribution < -0.4 is 10.5 Å². The topological polar surface area (TPSA) is 44.5 Å². The summed E-state index contributed by atoms with van der Waals surface area (Å²) in [5.74, 6) is 0.885. The van der Waals surface area contributed by atoms with E-state index < -0.39 is 0 Å². The summed E-state index contributed by atoms with van der Waals surface area (Å²) >= 11 is 0. The molecular formula is C12H19NO2. The Labute approximate surface area is 91.2 Å². The lowest BCUT2D eigenvalue weighted by molar-refractivity contribution is 0.135. The first-order valence-electron chi connectivity index (χ1n) is 5.21. The molecule has 0 aromatic heterocycles. The van der Waals surface area contributed by atoms with Gasteiger partial charge in [0.15, 0.2) is 0 Å². The van der Waals surface area contributed by atoms with Crippen LogP contribution in [0.3, 0.4) is 0 Å². The highest BCUT2D eigenvalue weighted by molar-refractivity contribution is 5.27. The monoisotopic (exact) mass is 209 g/mol. The van der Waals surface area contributed by atoms with Crippen LogP contribution >= 0.6 is 0 Å². The molecule has 84 valence electrons. The van der Waals surface area contributed by atoms with Crippen molar-refractivity contribution in [2.45, 2.75) is 26.0 Å². The van der Waals surface area contributed by atoms with E-state index in [0.29, 0.717) is 6.54 Å².